The molecule has 0 unspecified atom stereocenters. The van der Waals surface area contributed by atoms with Crippen LogP contribution in [0.2, 0.25) is 0 Å². The molecule has 0 saturated carbocycles. The van der Waals surface area contributed by atoms with Gasteiger partial charge in [0.25, 0.3) is 0 Å². The van der Waals surface area contributed by atoms with Gasteiger partial charge in [-0.15, -0.1) is 0 Å². The minimum atomic E-state index is -0.168. The highest BCUT2D eigenvalue weighted by Crippen LogP contribution is 2.51. The van der Waals surface area contributed by atoms with Gasteiger partial charge in [-0.05, 0) is 130 Å². The molecule has 0 atom stereocenters. The third-order valence-corrected chi connectivity index (χ3v) is 14.8. The second-order valence-corrected chi connectivity index (χ2v) is 19.2. The van der Waals surface area contributed by atoms with Gasteiger partial charge in [0.1, 0.15) is 0 Å². The van der Waals surface area contributed by atoms with Crippen LogP contribution >= 0.6 is 0 Å². The van der Waals surface area contributed by atoms with Crippen LogP contribution in [-0.2, 0) is 5.41 Å². The van der Waals surface area contributed by atoms with E-state index in [2.05, 4.69) is 231 Å². The van der Waals surface area contributed by atoms with Crippen molar-refractivity contribution >= 4 is 54.1 Å². The number of para-hydroxylation sites is 1. The first-order chi connectivity index (χ1) is 34.4. The Hall–Kier alpha value is -8.99. The van der Waals surface area contributed by atoms with Crippen LogP contribution in [-0.4, -0.2) is 19.5 Å². The fourth-order valence-corrected chi connectivity index (χ4v) is 11.4. The largest absolute Gasteiger partial charge is 0.278 e. The Balaban J connectivity index is 0.948. The zero-order valence-electron chi connectivity index (χ0n) is 38.7. The minimum absolute atomic E-state index is 0.168. The van der Waals surface area contributed by atoms with Crippen LogP contribution in [0.25, 0.3) is 127 Å². The molecule has 2 heterocycles. The van der Waals surface area contributed by atoms with Crippen LogP contribution in [0.15, 0.2) is 231 Å². The van der Waals surface area contributed by atoms with Crippen molar-refractivity contribution < 1.29 is 0 Å². The number of hydrogen-bond donors (Lipinski definition) is 0. The lowest BCUT2D eigenvalue weighted by Crippen LogP contribution is -2.15. The Labute approximate surface area is 405 Å². The molecule has 2 aromatic heterocycles. The van der Waals surface area contributed by atoms with E-state index < -0.39 is 0 Å². The van der Waals surface area contributed by atoms with Gasteiger partial charge in [-0.3, -0.25) is 4.57 Å². The first-order valence-electron chi connectivity index (χ1n) is 24.1. The molecular formula is C66H44N4. The predicted molar refractivity (Wildman–Crippen MR) is 291 cm³/mol. The molecule has 70 heavy (non-hydrogen) atoms. The van der Waals surface area contributed by atoms with E-state index in [1.54, 1.807) is 0 Å². The van der Waals surface area contributed by atoms with E-state index in [4.69, 9.17) is 15.0 Å². The Morgan fingerprint density at radius 1 is 0.300 bits per heavy atom. The second-order valence-electron chi connectivity index (χ2n) is 19.2. The average Bonchev–Trinajstić information content (AvgIpc) is 3.86. The summed E-state index contributed by atoms with van der Waals surface area (Å²) in [4.78, 5) is 15.9. The van der Waals surface area contributed by atoms with Gasteiger partial charge in [0.15, 0.2) is 11.6 Å². The molecule has 0 saturated heterocycles. The minimum Gasteiger partial charge on any atom is -0.278 e. The smallest absolute Gasteiger partial charge is 0.238 e. The second kappa shape index (κ2) is 15.5. The van der Waals surface area contributed by atoms with Gasteiger partial charge in [0.2, 0.25) is 5.95 Å². The molecule has 0 aliphatic heterocycles. The number of benzene rings is 11. The molecule has 4 nitrogen and oxygen atoms in total. The summed E-state index contributed by atoms with van der Waals surface area (Å²) < 4.78 is 2.25. The highest BCUT2D eigenvalue weighted by Gasteiger charge is 2.36. The van der Waals surface area contributed by atoms with E-state index in [-0.39, 0.29) is 5.41 Å². The number of fused-ring (bicyclic) bond motifs is 9. The van der Waals surface area contributed by atoms with Gasteiger partial charge < -0.3 is 0 Å². The summed E-state index contributed by atoms with van der Waals surface area (Å²) in [6.07, 6.45) is 0. The molecule has 4 heteroatoms. The Morgan fingerprint density at radius 2 is 0.871 bits per heavy atom. The van der Waals surface area contributed by atoms with Crippen LogP contribution in [0, 0.1) is 0 Å². The summed E-state index contributed by atoms with van der Waals surface area (Å²) in [6, 6.07) is 83.5. The van der Waals surface area contributed by atoms with Gasteiger partial charge in [-0.25, -0.2) is 4.98 Å². The van der Waals surface area contributed by atoms with Gasteiger partial charge in [-0.1, -0.05) is 202 Å². The zero-order chi connectivity index (χ0) is 46.5. The number of aromatic nitrogens is 4. The SMILES string of the molecule is CC1(C)c2ccccc2-c2cc3c4ccccc4n(-c4nc(-c5ccccc5)nc(-c5cccc(-c6ccc7c(-c8cccc9ccccc89)cc(-c8cccc9ccccc89)cc7c6)c5)n4)c3cc21. The third-order valence-electron chi connectivity index (χ3n) is 14.8. The van der Waals surface area contributed by atoms with Crippen molar-refractivity contribution in [1.29, 1.82) is 0 Å². The van der Waals surface area contributed by atoms with E-state index in [0.717, 1.165) is 38.7 Å². The Kier molecular flexibility index (Phi) is 8.90. The number of rotatable bonds is 6. The fourth-order valence-electron chi connectivity index (χ4n) is 11.4. The number of nitrogens with zero attached hydrogens (tertiary/aromatic N) is 4. The van der Waals surface area contributed by atoms with Crippen molar-refractivity contribution in [2.24, 2.45) is 0 Å². The lowest BCUT2D eigenvalue weighted by Gasteiger charge is -2.21. The summed E-state index contributed by atoms with van der Waals surface area (Å²) in [5, 5.41) is 9.66. The van der Waals surface area contributed by atoms with Gasteiger partial charge in [0.05, 0.1) is 11.0 Å². The van der Waals surface area contributed by atoms with E-state index in [1.165, 1.54) is 82.2 Å². The maximum absolute atomic E-state index is 5.41. The monoisotopic (exact) mass is 892 g/mol. The fraction of sp³-hybridized carbons (Fsp3) is 0.0455. The summed E-state index contributed by atoms with van der Waals surface area (Å²) in [5.74, 6) is 1.82. The van der Waals surface area contributed by atoms with Gasteiger partial charge in [0, 0.05) is 27.3 Å². The molecule has 13 aromatic rings. The van der Waals surface area contributed by atoms with Crippen molar-refractivity contribution in [3.63, 3.8) is 0 Å². The molecule has 0 radical (unpaired) electrons. The first kappa shape index (κ1) is 40.1. The van der Waals surface area contributed by atoms with E-state index >= 15 is 0 Å². The average molecular weight is 893 g/mol. The van der Waals surface area contributed by atoms with Crippen molar-refractivity contribution in [2.45, 2.75) is 19.3 Å². The summed E-state index contributed by atoms with van der Waals surface area (Å²) >= 11 is 0. The van der Waals surface area contributed by atoms with Crippen molar-refractivity contribution in [2.75, 3.05) is 0 Å². The topological polar surface area (TPSA) is 43.6 Å². The molecule has 1 aliphatic rings. The van der Waals surface area contributed by atoms with Crippen LogP contribution in [0.1, 0.15) is 25.0 Å². The highest BCUT2D eigenvalue weighted by molar-refractivity contribution is 6.12. The maximum atomic E-state index is 5.41. The lowest BCUT2D eigenvalue weighted by molar-refractivity contribution is 0.661. The quantitative estimate of drug-likeness (QED) is 0.167. The third kappa shape index (κ3) is 6.27. The molecule has 0 fully saturated rings. The van der Waals surface area contributed by atoms with E-state index in [1.807, 2.05) is 18.2 Å². The molecule has 14 rings (SSSR count). The maximum Gasteiger partial charge on any atom is 0.238 e. The zero-order valence-corrected chi connectivity index (χ0v) is 38.7. The molecule has 328 valence electrons. The Morgan fingerprint density at radius 3 is 1.69 bits per heavy atom. The van der Waals surface area contributed by atoms with Crippen molar-refractivity contribution in [1.82, 2.24) is 19.5 Å². The van der Waals surface area contributed by atoms with E-state index in [9.17, 15) is 0 Å². The van der Waals surface area contributed by atoms with E-state index in [0.29, 0.717) is 17.6 Å². The van der Waals surface area contributed by atoms with Crippen LogP contribution < -0.4 is 0 Å². The van der Waals surface area contributed by atoms with Crippen LogP contribution in [0.5, 0.6) is 0 Å². The van der Waals surface area contributed by atoms with Gasteiger partial charge >= 0.3 is 0 Å². The molecule has 11 aromatic carbocycles. The summed E-state index contributed by atoms with van der Waals surface area (Å²) in [5.41, 5.74) is 16.1. The molecule has 0 bridgehead atoms. The molecule has 1 aliphatic carbocycles. The van der Waals surface area contributed by atoms with Crippen molar-refractivity contribution in [3.8, 4) is 73.2 Å². The molecule has 0 amide bonds. The normalized spacial score (nSPS) is 12.8. The van der Waals surface area contributed by atoms with Crippen molar-refractivity contribution in [3.05, 3.63) is 242 Å². The Bertz CT molecular complexity index is 4260. The summed E-state index contributed by atoms with van der Waals surface area (Å²) in [7, 11) is 0. The number of hydrogen-bond acceptors (Lipinski definition) is 3. The standard InChI is InChI=1S/C66H44N4/c1-66(2)59-31-12-10-27-54(59)57-39-58-55-28-11-13-32-61(55)70(62(58)40-60(57)66)65-68-63(43-19-4-3-5-20-43)67-64(69-65)46-24-14-23-44(35-46)45-33-34-52-47(36-45)37-48(51-29-15-21-41-17-6-8-25-49(41)51)38-56(52)53-30-16-22-42-18-7-9-26-50(42)53/h3-40H,1-2H3. The molecular weight excluding hydrogens is 849 g/mol. The molecule has 0 spiro atoms. The van der Waals surface area contributed by atoms with Crippen LogP contribution in [0.3, 0.4) is 0 Å². The highest BCUT2D eigenvalue weighted by atomic mass is 15.2. The van der Waals surface area contributed by atoms with Crippen LogP contribution in [0.4, 0.5) is 0 Å². The lowest BCUT2D eigenvalue weighted by atomic mass is 9.82. The van der Waals surface area contributed by atoms with Gasteiger partial charge in [-0.2, -0.15) is 9.97 Å². The first-order valence-corrected chi connectivity index (χ1v) is 24.1. The summed E-state index contributed by atoms with van der Waals surface area (Å²) in [6.45, 7) is 4.67. The molecule has 0 N–H and O–H groups in total. The predicted octanol–water partition coefficient (Wildman–Crippen LogP) is 17.1.